The molecule has 0 aliphatic heterocycles. The molecule has 0 unspecified atom stereocenters. The van der Waals surface area contributed by atoms with Gasteiger partial charge in [0, 0.05) is 6.42 Å². The van der Waals surface area contributed by atoms with Gasteiger partial charge < -0.3 is 10.7 Å². The van der Waals surface area contributed by atoms with Gasteiger partial charge in [-0.2, -0.15) is 0 Å². The average Bonchev–Trinajstić information content (AvgIpc) is 2.19. The van der Waals surface area contributed by atoms with Crippen molar-refractivity contribution in [1.29, 1.82) is 0 Å². The molecule has 0 radical (unpaired) electrons. The largest absolute Gasteiger partial charge is 0.787 e. The fraction of sp³-hybridized carbons (Fsp3) is 0.417. The minimum Gasteiger partial charge on any atom is -0.787 e. The van der Waals surface area contributed by atoms with E-state index in [2.05, 4.69) is 0 Å². The lowest BCUT2D eigenvalue weighted by Gasteiger charge is -2.24. The Morgan fingerprint density at radius 3 is 2.40 bits per heavy atom. The zero-order valence-corrected chi connectivity index (χ0v) is 9.07. The highest BCUT2D eigenvalue weighted by atomic mass is 16.5. The topological polar surface area (TPSA) is 52.2 Å². The number of hydrogen-bond acceptors (Lipinski definition) is 3. The maximum absolute atomic E-state index is 11.7. The third kappa shape index (κ3) is 3.46. The molecule has 1 aromatic rings. The van der Waals surface area contributed by atoms with E-state index < -0.39 is 6.04 Å². The van der Waals surface area contributed by atoms with Gasteiger partial charge in [-0.25, -0.2) is 0 Å². The molecule has 0 amide bonds. The van der Waals surface area contributed by atoms with E-state index in [-0.39, 0.29) is 11.7 Å². The van der Waals surface area contributed by atoms with Gasteiger partial charge in [0.05, 0.1) is 6.04 Å². The highest BCUT2D eigenvalue weighted by Gasteiger charge is 2.17. The Balaban J connectivity index is 2.62. The third-order valence-electron chi connectivity index (χ3n) is 2.36. The first-order chi connectivity index (χ1) is 7.15. The summed E-state index contributed by atoms with van der Waals surface area (Å²) in [6, 6.07) is 8.86. The van der Waals surface area contributed by atoms with E-state index in [4.69, 9.17) is 0 Å². The summed E-state index contributed by atoms with van der Waals surface area (Å²) in [5.41, 5.74) is 2.77. The van der Waals surface area contributed by atoms with E-state index in [1.54, 1.807) is 0 Å². The summed E-state index contributed by atoms with van der Waals surface area (Å²) in [6.45, 7) is 3.72. The predicted molar refractivity (Wildman–Crippen MR) is 60.3 cm³/mol. The summed E-state index contributed by atoms with van der Waals surface area (Å²) in [4.78, 5) is 11.7. The van der Waals surface area contributed by atoms with Crippen molar-refractivity contribution >= 4 is 5.78 Å². The van der Waals surface area contributed by atoms with E-state index in [1.807, 2.05) is 49.7 Å². The molecule has 0 fully saturated rings. The number of rotatable bonds is 5. The van der Waals surface area contributed by atoms with Crippen LogP contribution in [0.25, 0.3) is 0 Å². The first kappa shape index (κ1) is 11.9. The average molecular weight is 206 g/mol. The maximum atomic E-state index is 11.7. The quantitative estimate of drug-likeness (QED) is 0.749. The monoisotopic (exact) mass is 206 g/mol. The molecule has 0 aliphatic carbocycles. The SMILES string of the molecule is CC(C)[C@H](N[O-])C(=O)Cc1ccccc1. The lowest BCUT2D eigenvalue weighted by Crippen LogP contribution is -2.38. The normalized spacial score (nSPS) is 12.8. The van der Waals surface area contributed by atoms with Gasteiger partial charge in [-0.15, -0.1) is 0 Å². The van der Waals surface area contributed by atoms with Crippen LogP contribution in [0.1, 0.15) is 19.4 Å². The number of hydroxylamine groups is 1. The van der Waals surface area contributed by atoms with Crippen molar-refractivity contribution < 1.29 is 4.79 Å². The Hall–Kier alpha value is -1.19. The molecule has 0 aromatic heterocycles. The summed E-state index contributed by atoms with van der Waals surface area (Å²) in [7, 11) is 0. The standard InChI is InChI=1S/C12H16NO2/c1-9(2)12(13-15)11(14)8-10-6-4-3-5-7-10/h3-7,9,12-13H,8H2,1-2H3/q-1/t12-/m0/s1. The molecule has 0 aliphatic rings. The molecule has 0 saturated heterocycles. The first-order valence-electron chi connectivity index (χ1n) is 5.09. The van der Waals surface area contributed by atoms with Crippen LogP contribution in [0.2, 0.25) is 0 Å². The number of ketones is 1. The molecular weight excluding hydrogens is 190 g/mol. The molecule has 1 atom stereocenters. The molecule has 82 valence electrons. The minimum absolute atomic E-state index is 0.0266. The van der Waals surface area contributed by atoms with Crippen LogP contribution in [0.3, 0.4) is 0 Å². The van der Waals surface area contributed by atoms with Crippen LogP contribution >= 0.6 is 0 Å². The smallest absolute Gasteiger partial charge is 0.153 e. The van der Waals surface area contributed by atoms with Gasteiger partial charge in [0.2, 0.25) is 0 Å². The van der Waals surface area contributed by atoms with Gasteiger partial charge in [-0.3, -0.25) is 4.79 Å². The van der Waals surface area contributed by atoms with Gasteiger partial charge in [-0.1, -0.05) is 44.2 Å². The second kappa shape index (κ2) is 5.63. The second-order valence-electron chi connectivity index (χ2n) is 3.97. The lowest BCUT2D eigenvalue weighted by atomic mass is 9.96. The number of carbonyl (C=O) groups is 1. The number of nitrogens with one attached hydrogen (secondary N) is 1. The minimum atomic E-state index is -0.592. The van der Waals surface area contributed by atoms with Crippen LogP contribution < -0.4 is 5.48 Å². The maximum Gasteiger partial charge on any atom is 0.153 e. The summed E-state index contributed by atoms with van der Waals surface area (Å²) in [5.74, 6) is -0.0232. The fourth-order valence-electron chi connectivity index (χ4n) is 1.48. The van der Waals surface area contributed by atoms with Crippen LogP contribution in [0.5, 0.6) is 0 Å². The van der Waals surface area contributed by atoms with Crippen molar-refractivity contribution in [3.8, 4) is 0 Å². The fourth-order valence-corrected chi connectivity index (χ4v) is 1.48. The second-order valence-corrected chi connectivity index (χ2v) is 3.97. The summed E-state index contributed by atoms with van der Waals surface area (Å²) >= 11 is 0. The van der Waals surface area contributed by atoms with Crippen molar-refractivity contribution in [1.82, 2.24) is 5.48 Å². The molecule has 1 N–H and O–H groups in total. The van der Waals surface area contributed by atoms with Crippen molar-refractivity contribution in [2.24, 2.45) is 5.92 Å². The summed E-state index contributed by atoms with van der Waals surface area (Å²) in [5, 5.41) is 10.6. The first-order valence-corrected chi connectivity index (χ1v) is 5.09. The summed E-state index contributed by atoms with van der Waals surface area (Å²) in [6.07, 6.45) is 0.318. The molecule has 0 spiro atoms. The van der Waals surface area contributed by atoms with E-state index in [9.17, 15) is 10.0 Å². The Bertz CT molecular complexity index is 309. The van der Waals surface area contributed by atoms with Crippen LogP contribution in [-0.2, 0) is 11.2 Å². The number of Topliss-reactive ketones (excluding diaryl/α,β-unsaturated/α-hetero) is 1. The van der Waals surface area contributed by atoms with Gasteiger partial charge in [-0.05, 0) is 11.5 Å². The predicted octanol–water partition coefficient (Wildman–Crippen LogP) is 1.91. The van der Waals surface area contributed by atoms with E-state index >= 15 is 0 Å². The highest BCUT2D eigenvalue weighted by Crippen LogP contribution is 2.07. The Kier molecular flexibility index (Phi) is 4.46. The van der Waals surface area contributed by atoms with Crippen molar-refractivity contribution in [2.45, 2.75) is 26.3 Å². The Morgan fingerprint density at radius 2 is 1.93 bits per heavy atom. The summed E-state index contributed by atoms with van der Waals surface area (Å²) < 4.78 is 0. The van der Waals surface area contributed by atoms with Gasteiger partial charge in [0.1, 0.15) is 0 Å². The zero-order valence-electron chi connectivity index (χ0n) is 9.07. The molecule has 15 heavy (non-hydrogen) atoms. The third-order valence-corrected chi connectivity index (χ3v) is 2.36. The van der Waals surface area contributed by atoms with Crippen LogP contribution in [0.15, 0.2) is 30.3 Å². The van der Waals surface area contributed by atoms with E-state index in [1.165, 1.54) is 0 Å². The highest BCUT2D eigenvalue weighted by molar-refractivity contribution is 5.86. The van der Waals surface area contributed by atoms with E-state index in [0.717, 1.165) is 5.56 Å². The van der Waals surface area contributed by atoms with Crippen molar-refractivity contribution in [2.75, 3.05) is 0 Å². The molecule has 0 heterocycles. The number of carbonyl (C=O) groups excluding carboxylic acids is 1. The Labute approximate surface area is 90.1 Å². The van der Waals surface area contributed by atoms with Crippen molar-refractivity contribution in [3.63, 3.8) is 0 Å². The number of hydrogen-bond donors (Lipinski definition) is 1. The molecule has 0 saturated carbocycles. The number of benzene rings is 1. The molecule has 3 heteroatoms. The van der Waals surface area contributed by atoms with Gasteiger partial charge in [0.15, 0.2) is 5.78 Å². The van der Waals surface area contributed by atoms with Crippen LogP contribution in [0.4, 0.5) is 0 Å². The molecule has 3 nitrogen and oxygen atoms in total. The molecule has 0 bridgehead atoms. The van der Waals surface area contributed by atoms with Crippen molar-refractivity contribution in [3.05, 3.63) is 41.1 Å². The van der Waals surface area contributed by atoms with Gasteiger partial charge in [0.25, 0.3) is 0 Å². The van der Waals surface area contributed by atoms with Crippen LogP contribution in [0, 0.1) is 11.1 Å². The van der Waals surface area contributed by atoms with Gasteiger partial charge >= 0.3 is 0 Å². The Morgan fingerprint density at radius 1 is 1.33 bits per heavy atom. The lowest BCUT2D eigenvalue weighted by molar-refractivity contribution is -0.121. The zero-order chi connectivity index (χ0) is 11.3. The molecule has 1 aromatic carbocycles. The van der Waals surface area contributed by atoms with E-state index in [0.29, 0.717) is 6.42 Å². The van der Waals surface area contributed by atoms with Crippen LogP contribution in [-0.4, -0.2) is 11.8 Å². The molecular formula is C12H16NO2-. The molecule has 1 rings (SSSR count).